The molecule has 0 atom stereocenters. The highest BCUT2D eigenvalue weighted by Crippen LogP contribution is 2.06. The van der Waals surface area contributed by atoms with Crippen LogP contribution in [0.25, 0.3) is 0 Å². The third-order valence-corrected chi connectivity index (χ3v) is 2.79. The van der Waals surface area contributed by atoms with Gasteiger partial charge in [-0.15, -0.1) is 0 Å². The molecule has 2 aromatic heterocycles. The summed E-state index contributed by atoms with van der Waals surface area (Å²) in [5.41, 5.74) is 0. The Bertz CT molecular complexity index is 519. The van der Waals surface area contributed by atoms with E-state index in [0.717, 1.165) is 18.2 Å². The molecular weight excluding hydrogens is 258 g/mol. The fraction of sp³-hybridized carbons (Fsp3) is 0.667. The van der Waals surface area contributed by atoms with Crippen molar-refractivity contribution in [1.82, 2.24) is 34.8 Å². The maximum absolute atomic E-state index is 4.96. The smallest absolute Gasteiger partial charge is 0.164 e. The van der Waals surface area contributed by atoms with Crippen molar-refractivity contribution in [2.24, 2.45) is 0 Å². The van der Waals surface area contributed by atoms with Crippen LogP contribution in [0.3, 0.4) is 0 Å². The van der Waals surface area contributed by atoms with E-state index in [1.165, 1.54) is 0 Å². The lowest BCUT2D eigenvalue weighted by atomic mass is 10.4. The Kier molecular flexibility index (Phi) is 5.19. The van der Waals surface area contributed by atoms with Crippen LogP contribution in [0.4, 0.5) is 0 Å². The molecule has 0 amide bonds. The van der Waals surface area contributed by atoms with Gasteiger partial charge in [-0.2, -0.15) is 10.2 Å². The second kappa shape index (κ2) is 7.11. The molecule has 0 saturated carbocycles. The zero-order valence-corrected chi connectivity index (χ0v) is 12.2. The summed E-state index contributed by atoms with van der Waals surface area (Å²) in [6.45, 7) is 6.82. The first-order valence-corrected chi connectivity index (χ1v) is 6.67. The van der Waals surface area contributed by atoms with E-state index in [-0.39, 0.29) is 6.04 Å². The zero-order chi connectivity index (χ0) is 14.4. The highest BCUT2D eigenvalue weighted by Gasteiger charge is 2.09. The third kappa shape index (κ3) is 3.84. The van der Waals surface area contributed by atoms with Gasteiger partial charge in [0, 0.05) is 19.7 Å². The number of methoxy groups -OCH3 is 1. The van der Waals surface area contributed by atoms with E-state index in [2.05, 4.69) is 39.3 Å². The van der Waals surface area contributed by atoms with Gasteiger partial charge in [-0.3, -0.25) is 0 Å². The van der Waals surface area contributed by atoms with Crippen molar-refractivity contribution in [2.75, 3.05) is 20.3 Å². The molecule has 0 fully saturated rings. The summed E-state index contributed by atoms with van der Waals surface area (Å²) in [6, 6.07) is 0.284. The Hall–Kier alpha value is -1.80. The van der Waals surface area contributed by atoms with E-state index in [1.54, 1.807) is 24.4 Å². The zero-order valence-electron chi connectivity index (χ0n) is 12.2. The Morgan fingerprint density at radius 2 is 2.20 bits per heavy atom. The first kappa shape index (κ1) is 14.6. The number of hydrogen-bond acceptors (Lipinski definition) is 6. The van der Waals surface area contributed by atoms with E-state index in [1.807, 2.05) is 4.68 Å². The van der Waals surface area contributed by atoms with Gasteiger partial charge in [0.15, 0.2) is 5.82 Å². The molecule has 0 unspecified atom stereocenters. The number of hydrogen-bond donors (Lipinski definition) is 1. The summed E-state index contributed by atoms with van der Waals surface area (Å²) in [5, 5.41) is 11.8. The molecular formula is C12H21N7O. The summed E-state index contributed by atoms with van der Waals surface area (Å²) in [4.78, 5) is 8.52. The predicted octanol–water partition coefficient (Wildman–Crippen LogP) is 0.235. The average Bonchev–Trinajstić information content (AvgIpc) is 3.04. The minimum atomic E-state index is 0.284. The largest absolute Gasteiger partial charge is 0.383 e. The summed E-state index contributed by atoms with van der Waals surface area (Å²) >= 11 is 0. The van der Waals surface area contributed by atoms with Gasteiger partial charge in [-0.05, 0) is 13.8 Å². The fourth-order valence-corrected chi connectivity index (χ4v) is 1.83. The molecule has 110 valence electrons. The minimum Gasteiger partial charge on any atom is -0.383 e. The topological polar surface area (TPSA) is 82.7 Å². The predicted molar refractivity (Wildman–Crippen MR) is 73.1 cm³/mol. The Balaban J connectivity index is 1.90. The van der Waals surface area contributed by atoms with Crippen molar-refractivity contribution in [1.29, 1.82) is 0 Å². The molecule has 0 aliphatic heterocycles. The van der Waals surface area contributed by atoms with E-state index >= 15 is 0 Å². The van der Waals surface area contributed by atoms with Crippen molar-refractivity contribution in [3.05, 3.63) is 24.3 Å². The molecule has 0 aliphatic carbocycles. The quantitative estimate of drug-likeness (QED) is 0.697. The summed E-state index contributed by atoms with van der Waals surface area (Å²) < 4.78 is 8.63. The van der Waals surface area contributed by atoms with E-state index in [9.17, 15) is 0 Å². The van der Waals surface area contributed by atoms with Crippen LogP contribution in [0.1, 0.15) is 31.5 Å². The maximum Gasteiger partial charge on any atom is 0.164 e. The van der Waals surface area contributed by atoms with Gasteiger partial charge in [0.25, 0.3) is 0 Å². The molecule has 0 aromatic carbocycles. The molecule has 20 heavy (non-hydrogen) atoms. The minimum absolute atomic E-state index is 0.284. The highest BCUT2D eigenvalue weighted by atomic mass is 16.5. The molecule has 0 radical (unpaired) electrons. The van der Waals surface area contributed by atoms with E-state index in [4.69, 9.17) is 4.74 Å². The van der Waals surface area contributed by atoms with Gasteiger partial charge >= 0.3 is 0 Å². The standard InChI is InChI=1S/C12H21N7O/c1-10(2)19-12(14-8-16-19)7-18-9-15-11(17-18)6-13-4-5-20-3/h8-10,13H,4-7H2,1-3H3. The van der Waals surface area contributed by atoms with Crippen molar-refractivity contribution in [3.8, 4) is 0 Å². The van der Waals surface area contributed by atoms with Gasteiger partial charge in [-0.25, -0.2) is 19.3 Å². The van der Waals surface area contributed by atoms with Crippen molar-refractivity contribution < 1.29 is 4.74 Å². The lowest BCUT2D eigenvalue weighted by Gasteiger charge is -2.08. The van der Waals surface area contributed by atoms with Crippen LogP contribution in [0.15, 0.2) is 12.7 Å². The number of nitrogens with zero attached hydrogens (tertiary/aromatic N) is 6. The van der Waals surface area contributed by atoms with Gasteiger partial charge in [0.2, 0.25) is 0 Å². The lowest BCUT2D eigenvalue weighted by molar-refractivity contribution is 0.199. The molecule has 0 bridgehead atoms. The van der Waals surface area contributed by atoms with Crippen LogP contribution >= 0.6 is 0 Å². The summed E-state index contributed by atoms with van der Waals surface area (Å²) in [7, 11) is 1.68. The van der Waals surface area contributed by atoms with Gasteiger partial charge < -0.3 is 10.1 Å². The Morgan fingerprint density at radius 3 is 2.95 bits per heavy atom. The SMILES string of the molecule is COCCNCc1ncn(Cc2ncnn2C(C)C)n1. The normalized spacial score (nSPS) is 11.4. The van der Waals surface area contributed by atoms with Gasteiger partial charge in [-0.1, -0.05) is 0 Å². The van der Waals surface area contributed by atoms with Gasteiger partial charge in [0.05, 0.1) is 13.2 Å². The van der Waals surface area contributed by atoms with Crippen molar-refractivity contribution in [2.45, 2.75) is 33.0 Å². The van der Waals surface area contributed by atoms with Crippen molar-refractivity contribution in [3.63, 3.8) is 0 Å². The first-order chi connectivity index (χ1) is 9.70. The number of rotatable bonds is 8. The molecule has 0 aliphatic rings. The van der Waals surface area contributed by atoms with Crippen LogP contribution in [0.2, 0.25) is 0 Å². The van der Waals surface area contributed by atoms with Gasteiger partial charge in [0.1, 0.15) is 25.0 Å². The van der Waals surface area contributed by atoms with E-state index in [0.29, 0.717) is 19.7 Å². The van der Waals surface area contributed by atoms with Crippen LogP contribution in [-0.4, -0.2) is 49.8 Å². The van der Waals surface area contributed by atoms with Crippen LogP contribution in [-0.2, 0) is 17.8 Å². The molecule has 8 heteroatoms. The second-order valence-electron chi connectivity index (χ2n) is 4.74. The number of ether oxygens (including phenoxy) is 1. The lowest BCUT2D eigenvalue weighted by Crippen LogP contribution is -2.19. The molecule has 0 spiro atoms. The van der Waals surface area contributed by atoms with E-state index < -0.39 is 0 Å². The molecule has 2 aromatic rings. The van der Waals surface area contributed by atoms with Crippen LogP contribution in [0, 0.1) is 0 Å². The Labute approximate surface area is 118 Å². The molecule has 2 rings (SSSR count). The number of nitrogens with one attached hydrogen (secondary N) is 1. The monoisotopic (exact) mass is 279 g/mol. The molecule has 1 N–H and O–H groups in total. The Morgan fingerprint density at radius 1 is 1.35 bits per heavy atom. The molecule has 0 saturated heterocycles. The third-order valence-electron chi connectivity index (χ3n) is 2.79. The first-order valence-electron chi connectivity index (χ1n) is 6.67. The summed E-state index contributed by atoms with van der Waals surface area (Å²) in [6.07, 6.45) is 3.28. The fourth-order valence-electron chi connectivity index (χ4n) is 1.83. The highest BCUT2D eigenvalue weighted by molar-refractivity contribution is 4.89. The van der Waals surface area contributed by atoms with Crippen LogP contribution in [0.5, 0.6) is 0 Å². The average molecular weight is 279 g/mol. The molecule has 8 nitrogen and oxygen atoms in total. The maximum atomic E-state index is 4.96. The van der Waals surface area contributed by atoms with Crippen LogP contribution < -0.4 is 5.32 Å². The second-order valence-corrected chi connectivity index (χ2v) is 4.74. The van der Waals surface area contributed by atoms with Crippen molar-refractivity contribution >= 4 is 0 Å². The number of aromatic nitrogens is 6. The molecule has 2 heterocycles. The summed E-state index contributed by atoms with van der Waals surface area (Å²) in [5.74, 6) is 1.64.